The van der Waals surface area contributed by atoms with Gasteiger partial charge in [0, 0.05) is 12.6 Å². The van der Waals surface area contributed by atoms with Gasteiger partial charge in [-0.25, -0.2) is 4.79 Å². The number of carboxylic acid groups (broad SMARTS) is 1. The third-order valence-corrected chi connectivity index (χ3v) is 3.67. The number of nitriles is 1. The summed E-state index contributed by atoms with van der Waals surface area (Å²) in [7, 11) is 1.46. The predicted octanol–water partition coefficient (Wildman–Crippen LogP) is 1.77. The van der Waals surface area contributed by atoms with E-state index in [9.17, 15) is 9.59 Å². The van der Waals surface area contributed by atoms with Crippen LogP contribution in [0, 0.1) is 11.3 Å². The van der Waals surface area contributed by atoms with Crippen LogP contribution in [0.3, 0.4) is 0 Å². The van der Waals surface area contributed by atoms with Crippen molar-refractivity contribution in [3.8, 4) is 23.3 Å². The van der Waals surface area contributed by atoms with Crippen molar-refractivity contribution in [1.29, 1.82) is 5.26 Å². The summed E-state index contributed by atoms with van der Waals surface area (Å²) in [5, 5.41) is 20.2. The van der Waals surface area contributed by atoms with E-state index in [0.29, 0.717) is 35.8 Å². The summed E-state index contributed by atoms with van der Waals surface area (Å²) in [5.74, 6) is -0.0777. The standard InChI is InChI=1S/C20H20N2O6/c1-26-18-10-15(11-21)4-7-17(18)28-12-19(23)22-9-8-14-2-5-16(6-3-14)27-13-20(24)25/h2-7,10H,8-9,12-13H2,1H3,(H,22,23)(H,24,25). The van der Waals surface area contributed by atoms with Gasteiger partial charge in [-0.2, -0.15) is 5.26 Å². The van der Waals surface area contributed by atoms with Gasteiger partial charge in [-0.3, -0.25) is 4.79 Å². The molecule has 8 nitrogen and oxygen atoms in total. The third kappa shape index (κ3) is 6.53. The molecule has 0 spiro atoms. The molecule has 2 N–H and O–H groups in total. The first-order chi connectivity index (χ1) is 13.5. The van der Waals surface area contributed by atoms with Gasteiger partial charge in [-0.1, -0.05) is 12.1 Å². The first-order valence-corrected chi connectivity index (χ1v) is 8.43. The minimum absolute atomic E-state index is 0.176. The van der Waals surface area contributed by atoms with Crippen LogP contribution in [0.15, 0.2) is 42.5 Å². The van der Waals surface area contributed by atoms with E-state index in [-0.39, 0.29) is 19.1 Å². The normalized spacial score (nSPS) is 9.86. The molecule has 0 aliphatic carbocycles. The van der Waals surface area contributed by atoms with E-state index in [4.69, 9.17) is 24.6 Å². The number of nitrogens with one attached hydrogen (secondary N) is 1. The number of carbonyl (C=O) groups is 2. The molecule has 0 fully saturated rings. The van der Waals surface area contributed by atoms with Crippen molar-refractivity contribution in [1.82, 2.24) is 5.32 Å². The molecule has 28 heavy (non-hydrogen) atoms. The molecule has 0 heterocycles. The average Bonchev–Trinajstić information content (AvgIpc) is 2.71. The van der Waals surface area contributed by atoms with E-state index >= 15 is 0 Å². The topological polar surface area (TPSA) is 118 Å². The van der Waals surface area contributed by atoms with E-state index in [1.165, 1.54) is 13.2 Å². The van der Waals surface area contributed by atoms with Crippen LogP contribution in [0.2, 0.25) is 0 Å². The van der Waals surface area contributed by atoms with E-state index in [1.54, 1.807) is 36.4 Å². The predicted molar refractivity (Wildman–Crippen MR) is 99.5 cm³/mol. The van der Waals surface area contributed by atoms with Crippen LogP contribution in [0.4, 0.5) is 0 Å². The molecule has 0 bridgehead atoms. The second-order valence-electron chi connectivity index (χ2n) is 5.69. The monoisotopic (exact) mass is 384 g/mol. The number of aliphatic carboxylic acids is 1. The summed E-state index contributed by atoms with van der Waals surface area (Å²) in [5.41, 5.74) is 1.41. The molecular weight excluding hydrogens is 364 g/mol. The highest BCUT2D eigenvalue weighted by molar-refractivity contribution is 5.77. The van der Waals surface area contributed by atoms with Crippen molar-refractivity contribution in [3.63, 3.8) is 0 Å². The summed E-state index contributed by atoms with van der Waals surface area (Å²) < 4.78 is 15.7. The molecule has 2 aromatic rings. The molecular formula is C20H20N2O6. The molecule has 0 aromatic heterocycles. The fraction of sp³-hybridized carbons (Fsp3) is 0.250. The van der Waals surface area contributed by atoms with Crippen LogP contribution in [0.5, 0.6) is 17.2 Å². The fourth-order valence-electron chi connectivity index (χ4n) is 2.29. The molecule has 0 saturated heterocycles. The summed E-state index contributed by atoms with van der Waals surface area (Å²) in [4.78, 5) is 22.4. The maximum atomic E-state index is 11.9. The Morgan fingerprint density at radius 2 is 1.82 bits per heavy atom. The fourth-order valence-corrected chi connectivity index (χ4v) is 2.29. The lowest BCUT2D eigenvalue weighted by Crippen LogP contribution is -2.30. The summed E-state index contributed by atoms with van der Waals surface area (Å²) in [6.07, 6.45) is 0.602. The Bertz CT molecular complexity index is 858. The van der Waals surface area contributed by atoms with Gasteiger partial charge in [-0.15, -0.1) is 0 Å². The molecule has 0 radical (unpaired) electrons. The lowest BCUT2D eigenvalue weighted by Gasteiger charge is -2.11. The van der Waals surface area contributed by atoms with Crippen LogP contribution in [-0.4, -0.2) is 43.9 Å². The number of carbonyl (C=O) groups excluding carboxylic acids is 1. The molecule has 2 rings (SSSR count). The van der Waals surface area contributed by atoms with E-state index in [2.05, 4.69) is 5.32 Å². The average molecular weight is 384 g/mol. The molecule has 0 saturated carbocycles. The first kappa shape index (κ1) is 20.6. The van der Waals surface area contributed by atoms with Gasteiger partial charge in [0.1, 0.15) is 5.75 Å². The highest BCUT2D eigenvalue weighted by Gasteiger charge is 2.08. The maximum Gasteiger partial charge on any atom is 0.341 e. The van der Waals surface area contributed by atoms with Crippen LogP contribution in [0.1, 0.15) is 11.1 Å². The lowest BCUT2D eigenvalue weighted by molar-refractivity contribution is -0.139. The van der Waals surface area contributed by atoms with Gasteiger partial charge in [0.25, 0.3) is 5.91 Å². The summed E-state index contributed by atoms with van der Waals surface area (Å²) >= 11 is 0. The van der Waals surface area contributed by atoms with Crippen LogP contribution < -0.4 is 19.5 Å². The highest BCUT2D eigenvalue weighted by atomic mass is 16.5. The second-order valence-corrected chi connectivity index (χ2v) is 5.69. The molecule has 0 atom stereocenters. The zero-order valence-corrected chi connectivity index (χ0v) is 15.3. The van der Waals surface area contributed by atoms with Gasteiger partial charge in [0.05, 0.1) is 18.7 Å². The number of nitrogens with zero attached hydrogens (tertiary/aromatic N) is 1. The van der Waals surface area contributed by atoms with Gasteiger partial charge >= 0.3 is 5.97 Å². The Balaban J connectivity index is 1.74. The zero-order chi connectivity index (χ0) is 20.4. The summed E-state index contributed by atoms with van der Waals surface area (Å²) in [6.45, 7) is -0.147. The van der Waals surface area contributed by atoms with E-state index < -0.39 is 5.97 Å². The number of amides is 1. The third-order valence-electron chi connectivity index (χ3n) is 3.67. The van der Waals surface area contributed by atoms with Crippen molar-refractivity contribution >= 4 is 11.9 Å². The van der Waals surface area contributed by atoms with Crippen molar-refractivity contribution in [3.05, 3.63) is 53.6 Å². The molecule has 1 amide bonds. The van der Waals surface area contributed by atoms with Crippen molar-refractivity contribution in [2.75, 3.05) is 26.9 Å². The zero-order valence-electron chi connectivity index (χ0n) is 15.3. The Kier molecular flexibility index (Phi) is 7.66. The summed E-state index contributed by atoms with van der Waals surface area (Å²) in [6, 6.07) is 13.7. The van der Waals surface area contributed by atoms with Gasteiger partial charge in [0.2, 0.25) is 0 Å². The van der Waals surface area contributed by atoms with Gasteiger partial charge in [-0.05, 0) is 36.2 Å². The molecule has 0 aliphatic heterocycles. The van der Waals surface area contributed by atoms with Crippen LogP contribution in [0.25, 0.3) is 0 Å². The van der Waals surface area contributed by atoms with Crippen molar-refractivity contribution in [2.45, 2.75) is 6.42 Å². The SMILES string of the molecule is COc1cc(C#N)ccc1OCC(=O)NCCc1ccc(OCC(=O)O)cc1. The van der Waals surface area contributed by atoms with Crippen LogP contribution >= 0.6 is 0 Å². The van der Waals surface area contributed by atoms with Crippen molar-refractivity contribution in [2.24, 2.45) is 0 Å². The van der Waals surface area contributed by atoms with Crippen LogP contribution in [-0.2, 0) is 16.0 Å². The Hall–Kier alpha value is -3.73. The smallest absolute Gasteiger partial charge is 0.341 e. The lowest BCUT2D eigenvalue weighted by atomic mass is 10.1. The number of carboxylic acids is 1. The van der Waals surface area contributed by atoms with E-state index in [1.807, 2.05) is 6.07 Å². The molecule has 8 heteroatoms. The quantitative estimate of drug-likeness (QED) is 0.641. The number of ether oxygens (including phenoxy) is 3. The Morgan fingerprint density at radius 1 is 1.07 bits per heavy atom. The largest absolute Gasteiger partial charge is 0.493 e. The van der Waals surface area contributed by atoms with E-state index in [0.717, 1.165) is 5.56 Å². The Labute approximate surface area is 162 Å². The second kappa shape index (κ2) is 10.4. The van der Waals surface area contributed by atoms with Crippen molar-refractivity contribution < 1.29 is 28.9 Å². The number of hydrogen-bond donors (Lipinski definition) is 2. The minimum Gasteiger partial charge on any atom is -0.493 e. The number of rotatable bonds is 10. The number of hydrogen-bond acceptors (Lipinski definition) is 6. The maximum absolute atomic E-state index is 11.9. The first-order valence-electron chi connectivity index (χ1n) is 8.43. The highest BCUT2D eigenvalue weighted by Crippen LogP contribution is 2.27. The van der Waals surface area contributed by atoms with Gasteiger partial charge in [0.15, 0.2) is 24.7 Å². The molecule has 146 valence electrons. The molecule has 0 unspecified atom stereocenters. The number of benzene rings is 2. The minimum atomic E-state index is -1.03. The number of methoxy groups -OCH3 is 1. The molecule has 0 aliphatic rings. The van der Waals surface area contributed by atoms with Gasteiger partial charge < -0.3 is 24.6 Å². The Morgan fingerprint density at radius 3 is 2.46 bits per heavy atom. The molecule has 2 aromatic carbocycles.